The third-order valence-corrected chi connectivity index (χ3v) is 8.84. The lowest BCUT2D eigenvalue weighted by Crippen LogP contribution is -2.60. The van der Waals surface area contributed by atoms with Crippen LogP contribution in [0.2, 0.25) is 0 Å². The number of phenolic OH excluding ortho intramolecular Hbond substituents is 4. The Morgan fingerprint density at radius 3 is 2.00 bits per heavy atom. The molecule has 3 heterocycles. The van der Waals surface area contributed by atoms with Gasteiger partial charge in [0.2, 0.25) is 19.2 Å². The lowest BCUT2D eigenvalue weighted by atomic mass is 9.99. The van der Waals surface area contributed by atoms with Gasteiger partial charge in [-0.2, -0.15) is 0 Å². The maximum absolute atomic E-state index is 12.2. The van der Waals surface area contributed by atoms with Crippen molar-refractivity contribution in [2.45, 2.75) is 61.4 Å². The number of aliphatic hydroxyl groups excluding tert-OH is 7. The van der Waals surface area contributed by atoms with E-state index in [1.165, 1.54) is 36.4 Å². The third kappa shape index (κ3) is 8.29. The Kier molecular flexibility index (Phi) is 11.5. The monoisotopic (exact) mass is 773 g/mol. The van der Waals surface area contributed by atoms with Crippen LogP contribution in [0.3, 0.4) is 0 Å². The second kappa shape index (κ2) is 16.1. The summed E-state index contributed by atoms with van der Waals surface area (Å²) in [7, 11) is 0. The van der Waals surface area contributed by atoms with E-state index in [1.807, 2.05) is 0 Å². The Bertz CT molecular complexity index is 2060. The normalized spacial score (nSPS) is 28.3. The van der Waals surface area contributed by atoms with E-state index in [0.717, 1.165) is 30.3 Å². The third-order valence-electron chi connectivity index (χ3n) is 8.84. The fraction of sp³-hybridized carbons (Fsp3) is 0.333. The maximum atomic E-state index is 12.2. The highest BCUT2D eigenvalue weighted by Gasteiger charge is 2.47. The largest absolute Gasteiger partial charge is 0.510 e. The molecule has 2 aromatic rings. The standard InChI is InChI=1S/C36H36O19/c37-12-25-28(44)30(46)32(48)36(54-25)53-24-11-17-20(41)9-16(38)10-22(17)51-34(24)15-3-5-19(40)23(8-15)52-35-33(49)31(47)29(45)26(55-35)13-50-27(43)6-2-14-1-4-18(39)21(42)7-14/h1-11,25-26,28-33,35-37,39-42,44-49H,12-13H2/p+1. The molecule has 19 heteroatoms. The van der Waals surface area contributed by atoms with Gasteiger partial charge in [-0.15, -0.1) is 0 Å². The number of ether oxygens (including phenoxy) is 5. The summed E-state index contributed by atoms with van der Waals surface area (Å²) in [5.41, 5.74) is -0.245. The summed E-state index contributed by atoms with van der Waals surface area (Å²) in [6.45, 7) is -1.35. The first kappa shape index (κ1) is 39.2. The number of carbonyl (C=O) groups excluding carboxylic acids is 1. The number of phenols is 4. The molecule has 0 bridgehead atoms. The van der Waals surface area contributed by atoms with E-state index < -0.39 is 109 Å². The molecule has 10 unspecified atom stereocenters. The van der Waals surface area contributed by atoms with Gasteiger partial charge in [0.25, 0.3) is 0 Å². The summed E-state index contributed by atoms with van der Waals surface area (Å²) >= 11 is 0. The Labute approximate surface area is 309 Å². The molecule has 55 heavy (non-hydrogen) atoms. The topological polar surface area (TPSA) is 320 Å². The average Bonchev–Trinajstić information content (AvgIpc) is 3.15. The van der Waals surface area contributed by atoms with E-state index in [2.05, 4.69) is 0 Å². The molecule has 10 atom stereocenters. The van der Waals surface area contributed by atoms with Crippen molar-refractivity contribution >= 4 is 12.0 Å². The fourth-order valence-electron chi connectivity index (χ4n) is 5.81. The number of fused-ring (bicyclic) bond motifs is 1. The summed E-state index contributed by atoms with van der Waals surface area (Å²) < 4.78 is 33.8. The molecule has 12 N–H and O–H groups in total. The molecule has 19 nitrogen and oxygen atoms in total. The summed E-state index contributed by atoms with van der Waals surface area (Å²) in [5.74, 6) is -3.50. The number of aliphatic hydroxyl groups is 7. The molecular weight excluding hydrogens is 736 g/mol. The Morgan fingerprint density at radius 1 is 0.691 bits per heavy atom. The zero-order chi connectivity index (χ0) is 39.7. The average molecular weight is 774 g/mol. The second-order valence-corrected chi connectivity index (χ2v) is 12.7. The smallest absolute Gasteiger partial charge is 0.507 e. The molecule has 2 aromatic carbocycles. The molecule has 0 amide bonds. The Morgan fingerprint density at radius 2 is 1.33 bits per heavy atom. The molecule has 3 aliphatic heterocycles. The van der Waals surface area contributed by atoms with Crippen molar-refractivity contribution in [2.75, 3.05) is 13.2 Å². The number of hydrogen-bond donors (Lipinski definition) is 11. The minimum atomic E-state index is -1.90. The van der Waals surface area contributed by atoms with Gasteiger partial charge >= 0.3 is 5.97 Å². The number of benzene rings is 3. The molecule has 0 spiro atoms. The van der Waals surface area contributed by atoms with E-state index in [0.29, 0.717) is 5.56 Å². The van der Waals surface area contributed by atoms with Gasteiger partial charge in [-0.1, -0.05) is 6.07 Å². The van der Waals surface area contributed by atoms with Crippen molar-refractivity contribution in [2.24, 2.45) is 0 Å². The molecule has 0 aromatic heterocycles. The molecule has 6 rings (SSSR count). The quantitative estimate of drug-likeness (QED) is 0.0391. The van der Waals surface area contributed by atoms with E-state index in [-0.39, 0.29) is 34.1 Å². The van der Waals surface area contributed by atoms with Crippen LogP contribution in [0.1, 0.15) is 5.56 Å². The molecule has 1 aliphatic carbocycles. The van der Waals surface area contributed by atoms with Crippen LogP contribution in [0.5, 0.6) is 34.5 Å². The highest BCUT2D eigenvalue weighted by molar-refractivity contribution is 5.88. The lowest BCUT2D eigenvalue weighted by molar-refractivity contribution is -0.277. The molecule has 2 fully saturated rings. The van der Waals surface area contributed by atoms with Crippen molar-refractivity contribution < 1.29 is 89.1 Å². The lowest BCUT2D eigenvalue weighted by Gasteiger charge is -2.39. The van der Waals surface area contributed by atoms with Crippen molar-refractivity contribution in [1.29, 1.82) is 0 Å². The minimum Gasteiger partial charge on any atom is -0.507 e. The molecule has 294 valence electrons. The highest BCUT2D eigenvalue weighted by Crippen LogP contribution is 2.44. The first-order valence-corrected chi connectivity index (χ1v) is 16.5. The van der Waals surface area contributed by atoms with E-state index in [4.69, 9.17) is 28.1 Å². The van der Waals surface area contributed by atoms with Crippen molar-refractivity contribution in [3.63, 3.8) is 0 Å². The van der Waals surface area contributed by atoms with Gasteiger partial charge in [-0.25, -0.2) is 0 Å². The fourth-order valence-corrected chi connectivity index (χ4v) is 5.81. The zero-order valence-electron chi connectivity index (χ0n) is 28.3. The number of rotatable bonds is 10. The van der Waals surface area contributed by atoms with Gasteiger partial charge < -0.3 is 89.1 Å². The van der Waals surface area contributed by atoms with Crippen LogP contribution in [0.25, 0.3) is 28.7 Å². The predicted octanol–water partition coefficient (Wildman–Crippen LogP) is -1.17. The van der Waals surface area contributed by atoms with Crippen molar-refractivity contribution in [3.05, 3.63) is 76.5 Å². The predicted molar refractivity (Wildman–Crippen MR) is 184 cm³/mol. The zero-order valence-corrected chi connectivity index (χ0v) is 28.3. The van der Waals surface area contributed by atoms with Crippen molar-refractivity contribution in [3.8, 4) is 57.1 Å². The minimum absolute atomic E-state index is 0.0313. The van der Waals surface area contributed by atoms with Crippen LogP contribution in [-0.4, -0.2) is 142 Å². The van der Waals surface area contributed by atoms with E-state index >= 15 is 0 Å². The SMILES string of the molecule is O=c1cc2oc(-c3ccc(O)c(OC4OC(COC(=[OH+])C=Cc5ccc(O)c(O)c5)C(O)C(O)C4O)c3)c(OC3OC(CO)C(O)C(O)C3O)cc-2c(O)c1. The summed E-state index contributed by atoms with van der Waals surface area (Å²) in [4.78, 5) is 22.4. The second-order valence-electron chi connectivity index (χ2n) is 12.7. The first-order chi connectivity index (χ1) is 26.1. The van der Waals surface area contributed by atoms with Gasteiger partial charge in [0.1, 0.15) is 54.2 Å². The van der Waals surface area contributed by atoms with E-state index in [1.54, 1.807) is 0 Å². The van der Waals surface area contributed by atoms with Crippen LogP contribution in [-0.2, 0) is 14.2 Å². The summed E-state index contributed by atoms with van der Waals surface area (Å²) in [6, 6.07) is 10.6. The van der Waals surface area contributed by atoms with Gasteiger partial charge in [-0.05, 0) is 48.0 Å². The molecule has 0 radical (unpaired) electrons. The van der Waals surface area contributed by atoms with Gasteiger partial charge in [0.15, 0.2) is 46.0 Å². The van der Waals surface area contributed by atoms with Crippen LogP contribution < -0.4 is 14.9 Å². The Hall–Kier alpha value is -5.48. The Balaban J connectivity index is 1.25. The number of esters is 1. The van der Waals surface area contributed by atoms with E-state index in [9.17, 15) is 65.8 Å². The molecule has 2 saturated heterocycles. The number of hydrogen-bond acceptors (Lipinski definition) is 18. The molecule has 4 aliphatic rings. The van der Waals surface area contributed by atoms with Crippen LogP contribution in [0.4, 0.5) is 0 Å². The summed E-state index contributed by atoms with van der Waals surface area (Å²) in [5, 5.41) is 113. The van der Waals surface area contributed by atoms with Gasteiger partial charge in [0.05, 0.1) is 18.2 Å². The van der Waals surface area contributed by atoms with Crippen molar-refractivity contribution in [1.82, 2.24) is 0 Å². The van der Waals surface area contributed by atoms with Crippen LogP contribution in [0.15, 0.2) is 69.9 Å². The van der Waals surface area contributed by atoms with Crippen LogP contribution >= 0.6 is 0 Å². The molecular formula is C36H37O19+. The van der Waals surface area contributed by atoms with Gasteiger partial charge in [0, 0.05) is 17.7 Å². The van der Waals surface area contributed by atoms with Gasteiger partial charge in [-0.3, -0.25) is 4.79 Å². The highest BCUT2D eigenvalue weighted by atomic mass is 16.7. The summed E-state index contributed by atoms with van der Waals surface area (Å²) in [6.07, 6.45) is -14.7. The number of aromatic hydroxyl groups is 4. The van der Waals surface area contributed by atoms with Crippen LogP contribution in [0, 0.1) is 0 Å². The first-order valence-electron chi connectivity index (χ1n) is 16.5. The maximum Gasteiger partial charge on any atom is 0.510 e. The molecule has 0 saturated carbocycles.